The molecule has 1 heterocycles. The average Bonchev–Trinajstić information content (AvgIpc) is 3.19. The van der Waals surface area contributed by atoms with E-state index >= 15 is 0 Å². The second-order valence-electron chi connectivity index (χ2n) is 6.27. The molecule has 1 N–H and O–H groups in total. The van der Waals surface area contributed by atoms with Crippen molar-refractivity contribution in [1.82, 2.24) is 9.62 Å². The summed E-state index contributed by atoms with van der Waals surface area (Å²) in [5.74, 6) is -1.08. The van der Waals surface area contributed by atoms with E-state index in [1.807, 2.05) is 0 Å². The van der Waals surface area contributed by atoms with Gasteiger partial charge in [-0.1, -0.05) is 25.8 Å². The smallest absolute Gasteiger partial charge is 0.338 e. The van der Waals surface area contributed by atoms with Gasteiger partial charge in [0, 0.05) is 19.6 Å². The third-order valence-electron chi connectivity index (χ3n) is 4.21. The Morgan fingerprint density at radius 3 is 2.62 bits per heavy atom. The van der Waals surface area contributed by atoms with Crippen LogP contribution in [0.2, 0.25) is 0 Å². The van der Waals surface area contributed by atoms with Gasteiger partial charge >= 0.3 is 5.97 Å². The van der Waals surface area contributed by atoms with Gasteiger partial charge in [-0.05, 0) is 37.5 Å². The van der Waals surface area contributed by atoms with E-state index in [4.69, 9.17) is 4.74 Å². The third-order valence-corrected chi connectivity index (χ3v) is 6.10. The standard InChI is InChI=1S/C18H26N2O5S/c1-2-3-4-10-19-17(21)14-25-18(22)15-8-7-9-16(13-15)26(23,24)20-11-5-6-12-20/h7-9,13H,2-6,10-12,14H2,1H3,(H,19,21). The van der Waals surface area contributed by atoms with Gasteiger partial charge in [-0.3, -0.25) is 4.79 Å². The van der Waals surface area contributed by atoms with Gasteiger partial charge in [0.15, 0.2) is 6.61 Å². The zero-order chi connectivity index (χ0) is 19.0. The first kappa shape index (κ1) is 20.4. The minimum absolute atomic E-state index is 0.0675. The van der Waals surface area contributed by atoms with Crippen LogP contribution in [-0.4, -0.2) is 50.8 Å². The van der Waals surface area contributed by atoms with Crippen LogP contribution in [0.15, 0.2) is 29.2 Å². The molecule has 8 heteroatoms. The molecule has 26 heavy (non-hydrogen) atoms. The molecule has 1 amide bonds. The van der Waals surface area contributed by atoms with Crippen molar-refractivity contribution in [2.45, 2.75) is 43.9 Å². The highest BCUT2D eigenvalue weighted by atomic mass is 32.2. The topological polar surface area (TPSA) is 92.8 Å². The number of amides is 1. The molecule has 1 fully saturated rings. The number of unbranched alkanes of at least 4 members (excludes halogenated alkanes) is 2. The lowest BCUT2D eigenvalue weighted by Crippen LogP contribution is -2.30. The van der Waals surface area contributed by atoms with Crippen molar-refractivity contribution in [2.24, 2.45) is 0 Å². The maximum Gasteiger partial charge on any atom is 0.338 e. The Morgan fingerprint density at radius 2 is 1.92 bits per heavy atom. The molecule has 1 saturated heterocycles. The summed E-state index contributed by atoms with van der Waals surface area (Å²) >= 11 is 0. The summed E-state index contributed by atoms with van der Waals surface area (Å²) in [6, 6.07) is 5.74. The van der Waals surface area contributed by atoms with Crippen molar-refractivity contribution < 1.29 is 22.7 Å². The molecule has 1 aliphatic rings. The van der Waals surface area contributed by atoms with Crippen molar-refractivity contribution in [2.75, 3.05) is 26.2 Å². The van der Waals surface area contributed by atoms with Crippen molar-refractivity contribution in [3.8, 4) is 0 Å². The molecule has 0 aliphatic carbocycles. The molecular formula is C18H26N2O5S. The molecule has 7 nitrogen and oxygen atoms in total. The minimum atomic E-state index is -3.60. The number of sulfonamides is 1. The summed E-state index contributed by atoms with van der Waals surface area (Å²) in [5.41, 5.74) is 0.115. The molecule has 2 rings (SSSR count). The predicted molar refractivity (Wildman–Crippen MR) is 97.3 cm³/mol. The van der Waals surface area contributed by atoms with Gasteiger partial charge in [0.25, 0.3) is 5.91 Å². The number of hydrogen-bond donors (Lipinski definition) is 1. The van der Waals surface area contributed by atoms with E-state index in [0.29, 0.717) is 19.6 Å². The fraction of sp³-hybridized carbons (Fsp3) is 0.556. The fourth-order valence-electron chi connectivity index (χ4n) is 2.73. The summed E-state index contributed by atoms with van der Waals surface area (Å²) in [5, 5.41) is 2.68. The average molecular weight is 382 g/mol. The van der Waals surface area contributed by atoms with E-state index in [2.05, 4.69) is 12.2 Å². The summed E-state index contributed by atoms with van der Waals surface area (Å²) in [7, 11) is -3.60. The second kappa shape index (κ2) is 9.68. The van der Waals surface area contributed by atoms with Crippen molar-refractivity contribution in [3.63, 3.8) is 0 Å². The first-order chi connectivity index (χ1) is 12.4. The zero-order valence-corrected chi connectivity index (χ0v) is 15.9. The summed E-state index contributed by atoms with van der Waals surface area (Å²) in [6.07, 6.45) is 4.65. The van der Waals surface area contributed by atoms with Crippen LogP contribution in [-0.2, 0) is 19.6 Å². The molecule has 1 aliphatic heterocycles. The lowest BCUT2D eigenvalue weighted by atomic mass is 10.2. The summed E-state index contributed by atoms with van der Waals surface area (Å²) in [4.78, 5) is 23.8. The Labute approximate surface area is 154 Å². The monoisotopic (exact) mass is 382 g/mol. The number of benzene rings is 1. The van der Waals surface area contributed by atoms with Crippen molar-refractivity contribution in [3.05, 3.63) is 29.8 Å². The Morgan fingerprint density at radius 1 is 1.19 bits per heavy atom. The van der Waals surface area contributed by atoms with Crippen LogP contribution in [0.1, 0.15) is 49.4 Å². The Kier molecular flexibility index (Phi) is 7.59. The largest absolute Gasteiger partial charge is 0.452 e. The number of hydrogen-bond acceptors (Lipinski definition) is 5. The SMILES string of the molecule is CCCCCNC(=O)COC(=O)c1cccc(S(=O)(=O)N2CCCC2)c1. The second-order valence-corrected chi connectivity index (χ2v) is 8.21. The summed E-state index contributed by atoms with van der Waals surface area (Å²) < 4.78 is 31.5. The molecule has 0 aromatic heterocycles. The number of esters is 1. The molecule has 1 aromatic rings. The highest BCUT2D eigenvalue weighted by Gasteiger charge is 2.27. The molecular weight excluding hydrogens is 356 g/mol. The van der Waals surface area contributed by atoms with Gasteiger partial charge in [-0.2, -0.15) is 4.31 Å². The fourth-order valence-corrected chi connectivity index (χ4v) is 4.29. The first-order valence-electron chi connectivity index (χ1n) is 8.99. The molecule has 144 valence electrons. The summed E-state index contributed by atoms with van der Waals surface area (Å²) in [6.45, 7) is 3.23. The van der Waals surface area contributed by atoms with Crippen LogP contribution in [0, 0.1) is 0 Å². The lowest BCUT2D eigenvalue weighted by molar-refractivity contribution is -0.124. The number of carbonyl (C=O) groups is 2. The van der Waals surface area contributed by atoms with Crippen LogP contribution in [0.4, 0.5) is 0 Å². The van der Waals surface area contributed by atoms with Gasteiger partial charge in [0.2, 0.25) is 10.0 Å². The van der Waals surface area contributed by atoms with E-state index in [0.717, 1.165) is 32.1 Å². The van der Waals surface area contributed by atoms with E-state index in [1.165, 1.54) is 28.6 Å². The van der Waals surface area contributed by atoms with E-state index in [9.17, 15) is 18.0 Å². The molecule has 0 atom stereocenters. The lowest BCUT2D eigenvalue weighted by Gasteiger charge is -2.15. The van der Waals surface area contributed by atoms with Crippen LogP contribution < -0.4 is 5.32 Å². The number of rotatable bonds is 9. The quantitative estimate of drug-likeness (QED) is 0.520. The third kappa shape index (κ3) is 5.54. The van der Waals surface area contributed by atoms with Gasteiger partial charge in [-0.15, -0.1) is 0 Å². The van der Waals surface area contributed by atoms with Crippen LogP contribution in [0.25, 0.3) is 0 Å². The number of nitrogens with zero attached hydrogens (tertiary/aromatic N) is 1. The molecule has 0 saturated carbocycles. The molecule has 0 radical (unpaired) electrons. The Bertz CT molecular complexity index is 727. The first-order valence-corrected chi connectivity index (χ1v) is 10.4. The number of carbonyl (C=O) groups excluding carboxylic acids is 2. The van der Waals surface area contributed by atoms with Gasteiger partial charge in [0.05, 0.1) is 10.5 Å². The predicted octanol–water partition coefficient (Wildman–Crippen LogP) is 1.93. The maximum absolute atomic E-state index is 12.6. The van der Waals surface area contributed by atoms with Crippen LogP contribution >= 0.6 is 0 Å². The van der Waals surface area contributed by atoms with Crippen molar-refractivity contribution in [1.29, 1.82) is 0 Å². The molecule has 1 aromatic carbocycles. The van der Waals surface area contributed by atoms with E-state index < -0.39 is 16.0 Å². The molecule has 0 bridgehead atoms. The molecule has 0 spiro atoms. The normalized spacial score (nSPS) is 15.0. The Balaban J connectivity index is 1.92. The minimum Gasteiger partial charge on any atom is -0.452 e. The van der Waals surface area contributed by atoms with Crippen LogP contribution in [0.5, 0.6) is 0 Å². The number of nitrogens with one attached hydrogen (secondary N) is 1. The van der Waals surface area contributed by atoms with Crippen LogP contribution in [0.3, 0.4) is 0 Å². The van der Waals surface area contributed by atoms with Gasteiger partial charge < -0.3 is 10.1 Å². The highest BCUT2D eigenvalue weighted by Crippen LogP contribution is 2.21. The van der Waals surface area contributed by atoms with E-state index in [-0.39, 0.29) is 23.0 Å². The van der Waals surface area contributed by atoms with Gasteiger partial charge in [-0.25, -0.2) is 13.2 Å². The van der Waals surface area contributed by atoms with Crippen molar-refractivity contribution >= 4 is 21.9 Å². The molecule has 0 unspecified atom stereocenters. The van der Waals surface area contributed by atoms with E-state index in [1.54, 1.807) is 0 Å². The Hall–Kier alpha value is -1.93. The maximum atomic E-state index is 12.6. The van der Waals surface area contributed by atoms with Gasteiger partial charge in [0.1, 0.15) is 0 Å². The number of ether oxygens (including phenoxy) is 1. The zero-order valence-electron chi connectivity index (χ0n) is 15.1. The highest BCUT2D eigenvalue weighted by molar-refractivity contribution is 7.89.